The molecule has 0 saturated heterocycles. The van der Waals surface area contributed by atoms with E-state index in [0.717, 1.165) is 0 Å². The summed E-state index contributed by atoms with van der Waals surface area (Å²) in [7, 11) is -3.61. The first-order valence-corrected chi connectivity index (χ1v) is 9.12. The molecule has 1 aliphatic rings. The van der Waals surface area contributed by atoms with Gasteiger partial charge in [-0.25, -0.2) is 12.8 Å². The van der Waals surface area contributed by atoms with Crippen LogP contribution in [0, 0.1) is 5.82 Å². The molecule has 8 heteroatoms. The third-order valence-electron chi connectivity index (χ3n) is 3.72. The lowest BCUT2D eigenvalue weighted by molar-refractivity contribution is -0.119. The minimum atomic E-state index is -3.61. The van der Waals surface area contributed by atoms with Gasteiger partial charge < -0.3 is 5.32 Å². The molecule has 0 unspecified atom stereocenters. The number of amides is 1. The number of carbonyl (C=O) groups is 1. The van der Waals surface area contributed by atoms with Crippen molar-refractivity contribution < 1.29 is 17.6 Å². The predicted octanol–water partition coefficient (Wildman–Crippen LogP) is 1.22. The number of hydrogen-bond acceptors (Lipinski definition) is 4. The molecule has 1 amide bonds. The number of halogens is 1. The second kappa shape index (κ2) is 7.02. The molecular formula is C17H16FN3O3S. The SMILES string of the molecule is O=C(CN=C1NS(=O)(=O)c2ccccc21)NCCc1ccccc1F. The lowest BCUT2D eigenvalue weighted by atomic mass is 10.1. The summed E-state index contributed by atoms with van der Waals surface area (Å²) in [5, 5.41) is 2.64. The van der Waals surface area contributed by atoms with E-state index in [1.807, 2.05) is 0 Å². The van der Waals surface area contributed by atoms with E-state index in [1.54, 1.807) is 36.4 Å². The fourth-order valence-corrected chi connectivity index (χ4v) is 3.75. The van der Waals surface area contributed by atoms with Crippen molar-refractivity contribution in [2.45, 2.75) is 11.3 Å². The number of amidine groups is 1. The number of benzene rings is 2. The molecule has 0 atom stereocenters. The van der Waals surface area contributed by atoms with Crippen LogP contribution in [-0.2, 0) is 21.2 Å². The Morgan fingerprint density at radius 3 is 2.64 bits per heavy atom. The smallest absolute Gasteiger partial charge is 0.263 e. The number of nitrogens with zero attached hydrogens (tertiary/aromatic N) is 1. The Balaban J connectivity index is 1.58. The Morgan fingerprint density at radius 1 is 1.12 bits per heavy atom. The first kappa shape index (κ1) is 17.1. The van der Waals surface area contributed by atoms with Crippen LogP contribution in [0.1, 0.15) is 11.1 Å². The van der Waals surface area contributed by atoms with Crippen molar-refractivity contribution in [1.29, 1.82) is 0 Å². The molecule has 0 aromatic heterocycles. The van der Waals surface area contributed by atoms with Crippen molar-refractivity contribution in [1.82, 2.24) is 10.0 Å². The first-order chi connectivity index (χ1) is 12.0. The zero-order chi connectivity index (χ0) is 17.9. The Hall–Kier alpha value is -2.74. The summed E-state index contributed by atoms with van der Waals surface area (Å²) in [5.74, 6) is -0.527. The van der Waals surface area contributed by atoms with Gasteiger partial charge in [0.05, 0.1) is 4.90 Å². The average Bonchev–Trinajstić information content (AvgIpc) is 2.86. The van der Waals surface area contributed by atoms with Crippen LogP contribution in [0.25, 0.3) is 0 Å². The van der Waals surface area contributed by atoms with Gasteiger partial charge in [-0.3, -0.25) is 14.5 Å². The highest BCUT2D eigenvalue weighted by atomic mass is 32.2. The maximum atomic E-state index is 13.5. The van der Waals surface area contributed by atoms with Gasteiger partial charge in [0, 0.05) is 12.1 Å². The third kappa shape index (κ3) is 3.85. The Kier molecular flexibility index (Phi) is 4.80. The average molecular weight is 361 g/mol. The first-order valence-electron chi connectivity index (χ1n) is 7.64. The molecule has 0 saturated carbocycles. The second-order valence-electron chi connectivity index (χ2n) is 5.46. The van der Waals surface area contributed by atoms with E-state index >= 15 is 0 Å². The zero-order valence-electron chi connectivity index (χ0n) is 13.2. The molecule has 2 N–H and O–H groups in total. The monoisotopic (exact) mass is 361 g/mol. The molecule has 25 heavy (non-hydrogen) atoms. The molecule has 6 nitrogen and oxygen atoms in total. The molecule has 0 aliphatic carbocycles. The zero-order valence-corrected chi connectivity index (χ0v) is 14.0. The Morgan fingerprint density at radius 2 is 1.84 bits per heavy atom. The summed E-state index contributed by atoms with van der Waals surface area (Å²) in [6.07, 6.45) is 0.366. The van der Waals surface area contributed by atoms with Gasteiger partial charge in [-0.15, -0.1) is 0 Å². The van der Waals surface area contributed by atoms with E-state index in [9.17, 15) is 17.6 Å². The summed E-state index contributed by atoms with van der Waals surface area (Å²) in [4.78, 5) is 16.0. The highest BCUT2D eigenvalue weighted by Gasteiger charge is 2.30. The number of rotatable bonds is 5. The molecule has 130 valence electrons. The number of hydrogen-bond donors (Lipinski definition) is 2. The molecule has 0 radical (unpaired) electrons. The van der Waals surface area contributed by atoms with Crippen molar-refractivity contribution >= 4 is 21.8 Å². The van der Waals surface area contributed by atoms with Crippen molar-refractivity contribution in [3.8, 4) is 0 Å². The minimum absolute atomic E-state index is 0.147. The van der Waals surface area contributed by atoms with Gasteiger partial charge in [-0.2, -0.15) is 0 Å². The number of sulfonamides is 1. The fourth-order valence-electron chi connectivity index (χ4n) is 2.50. The van der Waals surface area contributed by atoms with Crippen molar-refractivity contribution in [2.24, 2.45) is 4.99 Å². The number of nitrogens with one attached hydrogen (secondary N) is 2. The van der Waals surface area contributed by atoms with Crippen LogP contribution >= 0.6 is 0 Å². The van der Waals surface area contributed by atoms with Crippen LogP contribution in [0.15, 0.2) is 58.4 Å². The Bertz CT molecular complexity index is 942. The summed E-state index contributed by atoms with van der Waals surface area (Å²) in [6, 6.07) is 12.8. The van der Waals surface area contributed by atoms with Gasteiger partial charge in [0.15, 0.2) is 0 Å². The molecule has 0 fully saturated rings. The van der Waals surface area contributed by atoms with Crippen LogP contribution in [0.3, 0.4) is 0 Å². The lowest BCUT2D eigenvalue weighted by Crippen LogP contribution is -2.29. The third-order valence-corrected chi connectivity index (χ3v) is 5.11. The van der Waals surface area contributed by atoms with Crippen molar-refractivity contribution in [3.05, 3.63) is 65.5 Å². The predicted molar refractivity (Wildman–Crippen MR) is 91.3 cm³/mol. The molecule has 1 aliphatic heterocycles. The standard InChI is InChI=1S/C17H16FN3O3S/c18-14-7-3-1-5-12(14)9-10-19-16(22)11-20-17-13-6-2-4-8-15(13)25(23,24)21-17/h1-8H,9-11H2,(H,19,22)(H,20,21). The van der Waals surface area contributed by atoms with Gasteiger partial charge >= 0.3 is 0 Å². The number of fused-ring (bicyclic) bond motifs is 1. The molecular weight excluding hydrogens is 345 g/mol. The summed E-state index contributed by atoms with van der Waals surface area (Å²) in [6.45, 7) is 0.0520. The molecule has 2 aromatic carbocycles. The molecule has 3 rings (SSSR count). The van der Waals surface area contributed by atoms with Gasteiger partial charge in [0.25, 0.3) is 10.0 Å². The maximum Gasteiger partial charge on any atom is 0.263 e. The van der Waals surface area contributed by atoms with Crippen LogP contribution in [0.5, 0.6) is 0 Å². The summed E-state index contributed by atoms with van der Waals surface area (Å²) < 4.78 is 39.7. The largest absolute Gasteiger partial charge is 0.354 e. The molecule has 0 bridgehead atoms. The van der Waals surface area contributed by atoms with Crippen molar-refractivity contribution in [2.75, 3.05) is 13.1 Å². The van der Waals surface area contributed by atoms with E-state index in [1.165, 1.54) is 12.1 Å². The molecule has 2 aromatic rings. The topological polar surface area (TPSA) is 87.6 Å². The molecule has 1 heterocycles. The van der Waals surface area contributed by atoms with Crippen LogP contribution in [-0.4, -0.2) is 33.3 Å². The van der Waals surface area contributed by atoms with E-state index in [2.05, 4.69) is 15.0 Å². The fraction of sp³-hybridized carbons (Fsp3) is 0.176. The second-order valence-corrected chi connectivity index (χ2v) is 7.11. The normalized spacial score (nSPS) is 16.3. The summed E-state index contributed by atoms with van der Waals surface area (Å²) in [5.41, 5.74) is 0.966. The van der Waals surface area contributed by atoms with Gasteiger partial charge in [-0.05, 0) is 30.2 Å². The van der Waals surface area contributed by atoms with Gasteiger partial charge in [0.1, 0.15) is 18.2 Å². The highest BCUT2D eigenvalue weighted by molar-refractivity contribution is 7.90. The van der Waals surface area contributed by atoms with Crippen LogP contribution in [0.2, 0.25) is 0 Å². The van der Waals surface area contributed by atoms with E-state index in [4.69, 9.17) is 0 Å². The van der Waals surface area contributed by atoms with E-state index in [0.29, 0.717) is 17.5 Å². The number of aliphatic imine (C=N–C) groups is 1. The highest BCUT2D eigenvalue weighted by Crippen LogP contribution is 2.21. The quantitative estimate of drug-likeness (QED) is 0.839. The van der Waals surface area contributed by atoms with Crippen molar-refractivity contribution in [3.63, 3.8) is 0 Å². The van der Waals surface area contributed by atoms with Crippen LogP contribution < -0.4 is 10.0 Å². The minimum Gasteiger partial charge on any atom is -0.354 e. The maximum absolute atomic E-state index is 13.5. The summed E-state index contributed by atoms with van der Waals surface area (Å²) >= 11 is 0. The van der Waals surface area contributed by atoms with Gasteiger partial charge in [-0.1, -0.05) is 30.3 Å². The van der Waals surface area contributed by atoms with Crippen LogP contribution in [0.4, 0.5) is 4.39 Å². The molecule has 0 spiro atoms. The number of carbonyl (C=O) groups excluding carboxylic acids is 1. The van der Waals surface area contributed by atoms with E-state index in [-0.39, 0.29) is 35.5 Å². The van der Waals surface area contributed by atoms with E-state index < -0.39 is 10.0 Å². The van der Waals surface area contributed by atoms with Gasteiger partial charge in [0.2, 0.25) is 5.91 Å². The lowest BCUT2D eigenvalue weighted by Gasteiger charge is -2.05. The Labute approximate surface area is 144 Å².